The van der Waals surface area contributed by atoms with E-state index in [-0.39, 0.29) is 11.9 Å². The third kappa shape index (κ3) is 2.08. The maximum absolute atomic E-state index is 11.5. The molecule has 76 valence electrons. The average Bonchev–Trinajstić information content (AvgIpc) is 2.47. The average molecular weight is 193 g/mol. The largest absolute Gasteiger partial charge is 0.291 e. The highest BCUT2D eigenvalue weighted by atomic mass is 16.1. The zero-order valence-corrected chi connectivity index (χ0v) is 8.15. The number of hydrazine groups is 1. The number of aliphatic imine (C=N–C) groups is 1. The Balaban J connectivity index is 2.02. The molecule has 2 aliphatic rings. The van der Waals surface area contributed by atoms with Gasteiger partial charge in [-0.3, -0.25) is 15.2 Å². The van der Waals surface area contributed by atoms with Crippen LogP contribution in [0.15, 0.2) is 17.1 Å². The highest BCUT2D eigenvalue weighted by Crippen LogP contribution is 2.09. The number of hydrogen-bond donors (Lipinski definition) is 1. The van der Waals surface area contributed by atoms with Crippen molar-refractivity contribution in [2.45, 2.75) is 25.4 Å². The van der Waals surface area contributed by atoms with Gasteiger partial charge in [0.25, 0.3) is 0 Å². The fourth-order valence-electron chi connectivity index (χ4n) is 1.76. The summed E-state index contributed by atoms with van der Waals surface area (Å²) in [5, 5.41) is 1.95. The van der Waals surface area contributed by atoms with Crippen LogP contribution in [0.1, 0.15) is 19.3 Å². The van der Waals surface area contributed by atoms with Gasteiger partial charge in [-0.2, -0.15) is 0 Å². The van der Waals surface area contributed by atoms with Crippen LogP contribution in [-0.2, 0) is 4.79 Å². The highest BCUT2D eigenvalue weighted by Gasteiger charge is 2.24. The van der Waals surface area contributed by atoms with Crippen LogP contribution < -0.4 is 5.43 Å². The van der Waals surface area contributed by atoms with Crippen molar-refractivity contribution < 1.29 is 4.79 Å². The van der Waals surface area contributed by atoms with E-state index in [9.17, 15) is 4.79 Å². The minimum atomic E-state index is -0.335. The lowest BCUT2D eigenvalue weighted by Crippen LogP contribution is -2.48. The van der Waals surface area contributed by atoms with Gasteiger partial charge in [-0.15, -0.1) is 0 Å². The maximum Gasteiger partial charge on any atom is 0.196 e. The Morgan fingerprint density at radius 3 is 3.21 bits per heavy atom. The van der Waals surface area contributed by atoms with Crippen LogP contribution >= 0.6 is 0 Å². The normalized spacial score (nSPS) is 29.1. The lowest BCUT2D eigenvalue weighted by atomic mass is 10.2. The molecule has 2 rings (SSSR count). The summed E-state index contributed by atoms with van der Waals surface area (Å²) < 4.78 is 0. The first-order valence-corrected chi connectivity index (χ1v) is 5.12. The van der Waals surface area contributed by atoms with Crippen molar-refractivity contribution in [1.82, 2.24) is 10.4 Å². The second-order valence-electron chi connectivity index (χ2n) is 3.60. The van der Waals surface area contributed by atoms with E-state index in [0.29, 0.717) is 0 Å². The third-order valence-corrected chi connectivity index (χ3v) is 2.51. The van der Waals surface area contributed by atoms with Gasteiger partial charge in [0.2, 0.25) is 0 Å². The summed E-state index contributed by atoms with van der Waals surface area (Å²) in [4.78, 5) is 15.7. The third-order valence-electron chi connectivity index (χ3n) is 2.51. The molecule has 0 aromatic heterocycles. The Labute approximate surface area is 83.7 Å². The number of allylic oxidation sites excluding steroid dienone is 1. The SMILES string of the molecule is O=C1C=CC=NC1N1CCCCCN1. The molecule has 0 bridgehead atoms. The van der Waals surface area contributed by atoms with Gasteiger partial charge in [0.1, 0.15) is 0 Å². The molecule has 0 spiro atoms. The molecule has 2 aliphatic heterocycles. The van der Waals surface area contributed by atoms with Gasteiger partial charge >= 0.3 is 0 Å². The standard InChI is InChI=1S/C10H15N3O/c14-9-5-4-6-11-10(9)13-8-3-1-2-7-12-13/h4-6,10,12H,1-3,7-8H2. The lowest BCUT2D eigenvalue weighted by molar-refractivity contribution is -0.120. The summed E-state index contributed by atoms with van der Waals surface area (Å²) in [7, 11) is 0. The van der Waals surface area contributed by atoms with Crippen LogP contribution in [0, 0.1) is 0 Å². The van der Waals surface area contributed by atoms with E-state index >= 15 is 0 Å². The molecule has 1 unspecified atom stereocenters. The van der Waals surface area contributed by atoms with Crippen LogP contribution in [0.3, 0.4) is 0 Å². The van der Waals surface area contributed by atoms with E-state index < -0.39 is 0 Å². The first-order chi connectivity index (χ1) is 6.88. The second-order valence-corrected chi connectivity index (χ2v) is 3.60. The van der Waals surface area contributed by atoms with E-state index in [1.807, 2.05) is 5.01 Å². The predicted molar refractivity (Wildman–Crippen MR) is 55.0 cm³/mol. The molecule has 0 aromatic rings. The Kier molecular flexibility index (Phi) is 3.06. The van der Waals surface area contributed by atoms with Crippen LogP contribution in [0.4, 0.5) is 0 Å². The summed E-state index contributed by atoms with van der Waals surface area (Å²) >= 11 is 0. The summed E-state index contributed by atoms with van der Waals surface area (Å²) in [6.45, 7) is 1.85. The summed E-state index contributed by atoms with van der Waals surface area (Å²) in [6, 6.07) is 0. The van der Waals surface area contributed by atoms with Gasteiger partial charge in [0.05, 0.1) is 0 Å². The molecule has 0 aliphatic carbocycles. The van der Waals surface area contributed by atoms with Crippen LogP contribution in [0.5, 0.6) is 0 Å². The Morgan fingerprint density at radius 1 is 1.43 bits per heavy atom. The molecule has 1 fully saturated rings. The lowest BCUT2D eigenvalue weighted by Gasteiger charge is -2.26. The molecule has 4 nitrogen and oxygen atoms in total. The van der Waals surface area contributed by atoms with Gasteiger partial charge in [-0.25, -0.2) is 5.01 Å². The molecule has 2 heterocycles. The van der Waals surface area contributed by atoms with Gasteiger partial charge in [0.15, 0.2) is 11.9 Å². The Bertz CT molecular complexity index is 265. The predicted octanol–water partition coefficient (Wildman–Crippen LogP) is 0.513. The number of ketones is 1. The van der Waals surface area contributed by atoms with Crippen molar-refractivity contribution in [3.63, 3.8) is 0 Å². The molecule has 1 atom stereocenters. The number of carbonyl (C=O) groups is 1. The van der Waals surface area contributed by atoms with E-state index in [2.05, 4.69) is 10.4 Å². The van der Waals surface area contributed by atoms with Crippen molar-refractivity contribution in [2.24, 2.45) is 4.99 Å². The summed E-state index contributed by atoms with van der Waals surface area (Å²) in [5.41, 5.74) is 3.25. The molecule has 1 N–H and O–H groups in total. The Morgan fingerprint density at radius 2 is 2.36 bits per heavy atom. The number of hydrogen-bond acceptors (Lipinski definition) is 4. The number of nitrogens with one attached hydrogen (secondary N) is 1. The fourth-order valence-corrected chi connectivity index (χ4v) is 1.76. The molecule has 1 saturated heterocycles. The van der Waals surface area contributed by atoms with Crippen molar-refractivity contribution in [1.29, 1.82) is 0 Å². The van der Waals surface area contributed by atoms with Crippen molar-refractivity contribution in [2.75, 3.05) is 13.1 Å². The molecular weight excluding hydrogens is 178 g/mol. The van der Waals surface area contributed by atoms with E-state index in [4.69, 9.17) is 0 Å². The number of rotatable bonds is 1. The van der Waals surface area contributed by atoms with Gasteiger partial charge in [0, 0.05) is 19.3 Å². The number of carbonyl (C=O) groups excluding carboxylic acids is 1. The maximum atomic E-state index is 11.5. The van der Waals surface area contributed by atoms with E-state index in [1.54, 1.807) is 18.4 Å². The van der Waals surface area contributed by atoms with Gasteiger partial charge < -0.3 is 0 Å². The first-order valence-electron chi connectivity index (χ1n) is 5.12. The van der Waals surface area contributed by atoms with E-state index in [0.717, 1.165) is 19.5 Å². The molecular formula is C10H15N3O. The first kappa shape index (κ1) is 9.55. The zero-order chi connectivity index (χ0) is 9.80. The smallest absolute Gasteiger partial charge is 0.196 e. The molecule has 0 aromatic carbocycles. The number of dihydropyridines is 1. The quantitative estimate of drug-likeness (QED) is 0.660. The van der Waals surface area contributed by atoms with Gasteiger partial charge in [-0.1, -0.05) is 6.42 Å². The van der Waals surface area contributed by atoms with Crippen molar-refractivity contribution in [3.05, 3.63) is 12.2 Å². The van der Waals surface area contributed by atoms with Crippen molar-refractivity contribution >= 4 is 12.0 Å². The number of nitrogens with zero attached hydrogens (tertiary/aromatic N) is 2. The minimum Gasteiger partial charge on any atom is -0.291 e. The fraction of sp³-hybridized carbons (Fsp3) is 0.600. The van der Waals surface area contributed by atoms with Crippen LogP contribution in [0.2, 0.25) is 0 Å². The molecule has 0 radical (unpaired) electrons. The zero-order valence-electron chi connectivity index (χ0n) is 8.15. The van der Waals surface area contributed by atoms with Crippen LogP contribution in [0.25, 0.3) is 0 Å². The molecule has 0 amide bonds. The minimum absolute atomic E-state index is 0.0712. The summed E-state index contributed by atoms with van der Waals surface area (Å²) in [6.07, 6.45) is 8.18. The van der Waals surface area contributed by atoms with Crippen molar-refractivity contribution in [3.8, 4) is 0 Å². The molecule has 14 heavy (non-hydrogen) atoms. The highest BCUT2D eigenvalue weighted by molar-refractivity contribution is 6.00. The van der Waals surface area contributed by atoms with Crippen LogP contribution in [-0.4, -0.2) is 36.3 Å². The Hall–Kier alpha value is -1.00. The molecule has 4 heteroatoms. The van der Waals surface area contributed by atoms with Gasteiger partial charge in [-0.05, 0) is 25.0 Å². The second kappa shape index (κ2) is 4.48. The summed E-state index contributed by atoms with van der Waals surface area (Å²) in [5.74, 6) is 0.0712. The monoisotopic (exact) mass is 193 g/mol. The van der Waals surface area contributed by atoms with E-state index in [1.165, 1.54) is 12.8 Å². The molecule has 0 saturated carbocycles. The topological polar surface area (TPSA) is 44.7 Å².